The van der Waals surface area contributed by atoms with Crippen molar-refractivity contribution in [3.63, 3.8) is 0 Å². The molecule has 0 unspecified atom stereocenters. The van der Waals surface area contributed by atoms with E-state index in [9.17, 15) is 9.59 Å². The maximum Gasteiger partial charge on any atom is 0.306 e. The van der Waals surface area contributed by atoms with Crippen LogP contribution >= 0.6 is 0 Å². The van der Waals surface area contributed by atoms with E-state index in [2.05, 4.69) is 89.5 Å². The molecule has 6 heteroatoms. The highest BCUT2D eigenvalue weighted by Crippen LogP contribution is 2.42. The van der Waals surface area contributed by atoms with E-state index in [1.807, 2.05) is 7.11 Å². The van der Waals surface area contributed by atoms with Gasteiger partial charge in [-0.1, -0.05) is 24.3 Å². The number of unbranched alkanes of at least 4 members (excludes halogenated alkanes) is 1. The number of hydrogen-bond acceptors (Lipinski definition) is 6. The van der Waals surface area contributed by atoms with E-state index in [0.717, 1.165) is 45.2 Å². The maximum absolute atomic E-state index is 12.5. The van der Waals surface area contributed by atoms with Gasteiger partial charge in [-0.3, -0.25) is 14.6 Å². The third-order valence-electron chi connectivity index (χ3n) is 9.33. The Morgan fingerprint density at radius 3 is 1.45 bits per heavy atom. The number of ether oxygens (including phenoxy) is 2. The molecule has 2 aliphatic heterocycles. The van der Waals surface area contributed by atoms with Gasteiger partial charge in [-0.05, 0) is 99.1 Å². The summed E-state index contributed by atoms with van der Waals surface area (Å²) < 4.78 is 11.7. The molecule has 0 atom stereocenters. The molecule has 0 amide bonds. The first-order valence-electron chi connectivity index (χ1n) is 15.3. The Morgan fingerprint density at radius 1 is 0.700 bits per heavy atom. The summed E-state index contributed by atoms with van der Waals surface area (Å²) in [6.07, 6.45) is 6.32. The SMILES string of the molecule is COC1CC(C)(C)N(Cc2ccc(CN3C(C)(C)CC(OC(=O)CCCCC(C)=O)CC3(C)C)cc2)C(C)(C)C1. The molecule has 2 fully saturated rings. The highest BCUT2D eigenvalue weighted by Gasteiger charge is 2.47. The van der Waals surface area contributed by atoms with Crippen molar-refractivity contribution in [2.24, 2.45) is 0 Å². The first kappa shape index (κ1) is 32.8. The molecular weight excluding hydrogens is 500 g/mol. The first-order chi connectivity index (χ1) is 18.4. The Bertz CT molecular complexity index is 975. The molecular formula is C34H56N2O4. The number of methoxy groups -OCH3 is 1. The van der Waals surface area contributed by atoms with E-state index in [0.29, 0.717) is 25.4 Å². The van der Waals surface area contributed by atoms with Crippen LogP contribution in [0.4, 0.5) is 0 Å². The second-order valence-electron chi connectivity index (χ2n) is 14.9. The number of benzene rings is 1. The van der Waals surface area contributed by atoms with E-state index < -0.39 is 0 Å². The summed E-state index contributed by atoms with van der Waals surface area (Å²) in [5, 5.41) is 0. The second kappa shape index (κ2) is 12.6. The molecule has 0 radical (unpaired) electrons. The average Bonchev–Trinajstić information content (AvgIpc) is 2.81. The number of esters is 1. The van der Waals surface area contributed by atoms with Crippen molar-refractivity contribution >= 4 is 11.8 Å². The zero-order chi connectivity index (χ0) is 29.9. The summed E-state index contributed by atoms with van der Waals surface area (Å²) in [6, 6.07) is 9.17. The molecule has 2 aliphatic rings. The van der Waals surface area contributed by atoms with Crippen LogP contribution in [0.1, 0.15) is 125 Å². The predicted molar refractivity (Wildman–Crippen MR) is 162 cm³/mol. The minimum Gasteiger partial charge on any atom is -0.462 e. The highest BCUT2D eigenvalue weighted by atomic mass is 16.5. The van der Waals surface area contributed by atoms with Crippen LogP contribution < -0.4 is 0 Å². The topological polar surface area (TPSA) is 59.1 Å². The van der Waals surface area contributed by atoms with Crippen LogP contribution in [0.2, 0.25) is 0 Å². The normalized spacial score (nSPS) is 23.1. The Kier molecular flexibility index (Phi) is 10.3. The molecule has 0 N–H and O–H groups in total. The number of nitrogens with zero attached hydrogens (tertiary/aromatic N) is 2. The largest absolute Gasteiger partial charge is 0.462 e. The van der Waals surface area contributed by atoms with Crippen LogP contribution in [0.25, 0.3) is 0 Å². The van der Waals surface area contributed by atoms with E-state index in [1.165, 1.54) is 11.1 Å². The standard InChI is InChI=1S/C34H56N2O4/c1-25(37)13-11-12-14-30(38)40-29-21-33(6,7)36(34(8,9)22-29)24-27-17-15-26(16-18-27)23-35-31(2,3)19-28(39-10)20-32(35,4)5/h15-18,28-29H,11-14,19-24H2,1-10H3. The minimum absolute atomic E-state index is 0.0670. The van der Waals surface area contributed by atoms with E-state index in [1.54, 1.807) is 6.92 Å². The lowest BCUT2D eigenvalue weighted by atomic mass is 9.77. The van der Waals surface area contributed by atoms with Crippen molar-refractivity contribution in [2.45, 2.75) is 161 Å². The summed E-state index contributed by atoms with van der Waals surface area (Å²) in [6.45, 7) is 21.8. The molecule has 1 aromatic rings. The summed E-state index contributed by atoms with van der Waals surface area (Å²) >= 11 is 0. The van der Waals surface area contributed by atoms with Crippen LogP contribution in [0.3, 0.4) is 0 Å². The van der Waals surface area contributed by atoms with Crippen molar-refractivity contribution in [3.8, 4) is 0 Å². The zero-order valence-electron chi connectivity index (χ0n) is 27.1. The van der Waals surface area contributed by atoms with Crippen molar-refractivity contribution in [3.05, 3.63) is 35.4 Å². The molecule has 2 saturated heterocycles. The Hall–Kier alpha value is -1.76. The van der Waals surface area contributed by atoms with Crippen LogP contribution in [-0.2, 0) is 32.2 Å². The molecule has 0 saturated carbocycles. The third-order valence-corrected chi connectivity index (χ3v) is 9.33. The van der Waals surface area contributed by atoms with Gasteiger partial charge in [0, 0.05) is 68.0 Å². The lowest BCUT2D eigenvalue weighted by Crippen LogP contribution is -2.61. The zero-order valence-corrected chi connectivity index (χ0v) is 27.1. The summed E-state index contributed by atoms with van der Waals surface area (Å²) in [4.78, 5) is 28.9. The minimum atomic E-state index is -0.137. The fraction of sp³-hybridized carbons (Fsp3) is 0.765. The molecule has 2 heterocycles. The van der Waals surface area contributed by atoms with Crippen LogP contribution in [0.15, 0.2) is 24.3 Å². The summed E-state index contributed by atoms with van der Waals surface area (Å²) in [7, 11) is 1.84. The molecule has 6 nitrogen and oxygen atoms in total. The third kappa shape index (κ3) is 8.39. The number of Topliss-reactive ketones (excluding diaryl/α,β-unsaturated/α-hetero) is 1. The van der Waals surface area contributed by atoms with E-state index in [4.69, 9.17) is 9.47 Å². The molecule has 0 spiro atoms. The van der Waals surface area contributed by atoms with Crippen LogP contribution in [-0.4, -0.2) is 63.0 Å². The molecule has 1 aromatic carbocycles. The number of piperidine rings is 2. The van der Waals surface area contributed by atoms with Gasteiger partial charge in [-0.15, -0.1) is 0 Å². The smallest absolute Gasteiger partial charge is 0.306 e. The van der Waals surface area contributed by atoms with Crippen molar-refractivity contribution < 1.29 is 19.1 Å². The molecule has 0 aliphatic carbocycles. The van der Waals surface area contributed by atoms with Gasteiger partial charge in [-0.2, -0.15) is 0 Å². The first-order valence-corrected chi connectivity index (χ1v) is 15.3. The number of likely N-dealkylation sites (tertiary alicyclic amines) is 2. The number of rotatable bonds is 11. The van der Waals surface area contributed by atoms with Crippen molar-refractivity contribution in [1.82, 2.24) is 9.80 Å². The molecule has 226 valence electrons. The fourth-order valence-electron chi connectivity index (χ4n) is 7.56. The van der Waals surface area contributed by atoms with Crippen LogP contribution in [0, 0.1) is 0 Å². The van der Waals surface area contributed by atoms with Crippen molar-refractivity contribution in [2.75, 3.05) is 7.11 Å². The van der Waals surface area contributed by atoms with Gasteiger partial charge in [-0.25, -0.2) is 0 Å². The maximum atomic E-state index is 12.5. The Morgan fingerprint density at radius 2 is 1.07 bits per heavy atom. The lowest BCUT2D eigenvalue weighted by molar-refractivity contribution is -0.161. The van der Waals surface area contributed by atoms with E-state index >= 15 is 0 Å². The molecule has 0 aromatic heterocycles. The fourth-order valence-corrected chi connectivity index (χ4v) is 7.56. The van der Waals surface area contributed by atoms with Gasteiger partial charge < -0.3 is 14.3 Å². The Labute approximate surface area is 244 Å². The second-order valence-corrected chi connectivity index (χ2v) is 14.9. The van der Waals surface area contributed by atoms with E-state index in [-0.39, 0.29) is 40.0 Å². The van der Waals surface area contributed by atoms with Gasteiger partial charge in [0.25, 0.3) is 0 Å². The molecule has 0 bridgehead atoms. The average molecular weight is 557 g/mol. The number of ketones is 1. The number of hydrogen-bond donors (Lipinski definition) is 0. The van der Waals surface area contributed by atoms with Crippen molar-refractivity contribution in [1.29, 1.82) is 0 Å². The molecule has 3 rings (SSSR count). The quantitative estimate of drug-likeness (QED) is 0.215. The summed E-state index contributed by atoms with van der Waals surface area (Å²) in [5.41, 5.74) is 2.56. The van der Waals surface area contributed by atoms with Gasteiger partial charge in [0.2, 0.25) is 0 Å². The number of carbonyl (C=O) groups excluding carboxylic acids is 2. The predicted octanol–water partition coefficient (Wildman–Crippen LogP) is 7.07. The number of carbonyl (C=O) groups is 2. The Balaban J connectivity index is 1.61. The van der Waals surface area contributed by atoms with Gasteiger partial charge in [0.05, 0.1) is 6.10 Å². The highest BCUT2D eigenvalue weighted by molar-refractivity contribution is 5.75. The summed E-state index contributed by atoms with van der Waals surface area (Å²) in [5.74, 6) is 0.0383. The van der Waals surface area contributed by atoms with Gasteiger partial charge in [0.1, 0.15) is 11.9 Å². The lowest BCUT2D eigenvalue weighted by Gasteiger charge is -2.55. The molecule has 40 heavy (non-hydrogen) atoms. The van der Waals surface area contributed by atoms with Gasteiger partial charge >= 0.3 is 5.97 Å². The monoisotopic (exact) mass is 556 g/mol. The van der Waals surface area contributed by atoms with Gasteiger partial charge in [0.15, 0.2) is 0 Å². The van der Waals surface area contributed by atoms with Crippen LogP contribution in [0.5, 0.6) is 0 Å².